The van der Waals surface area contributed by atoms with Crippen LogP contribution in [0.3, 0.4) is 0 Å². The van der Waals surface area contributed by atoms with E-state index in [1.165, 1.54) is 12.7 Å². The van der Waals surface area contributed by atoms with Gasteiger partial charge in [0.1, 0.15) is 5.75 Å². The van der Waals surface area contributed by atoms with E-state index in [9.17, 15) is 9.90 Å². The Morgan fingerprint density at radius 3 is 2.52 bits per heavy atom. The van der Waals surface area contributed by atoms with Crippen LogP contribution in [0.2, 0.25) is 0 Å². The number of likely N-dealkylation sites (tertiary alicyclic amines) is 1. The fourth-order valence-corrected chi connectivity index (χ4v) is 3.33. The minimum Gasteiger partial charge on any atom is -0.504 e. The highest BCUT2D eigenvalue weighted by Gasteiger charge is 2.30. The average molecular weight is 341 g/mol. The van der Waals surface area contributed by atoms with Crippen LogP contribution in [0, 0.1) is 6.92 Å². The van der Waals surface area contributed by atoms with Gasteiger partial charge in [-0.3, -0.25) is 4.79 Å². The molecule has 0 aliphatic carbocycles. The first-order valence-electron chi connectivity index (χ1n) is 8.34. The Morgan fingerprint density at radius 1 is 1.16 bits per heavy atom. The van der Waals surface area contributed by atoms with Crippen LogP contribution in [0.4, 0.5) is 0 Å². The minimum atomic E-state index is -0.157. The second-order valence-electron chi connectivity index (χ2n) is 6.37. The number of nitrogens with zero attached hydrogens (tertiary/aromatic N) is 1. The molecule has 5 heteroatoms. The van der Waals surface area contributed by atoms with Crippen molar-refractivity contribution in [3.05, 3.63) is 53.1 Å². The third-order valence-electron chi connectivity index (χ3n) is 4.73. The number of phenols is 1. The third-order valence-corrected chi connectivity index (χ3v) is 4.73. The molecule has 132 valence electrons. The molecule has 1 atom stereocenters. The summed E-state index contributed by atoms with van der Waals surface area (Å²) in [4.78, 5) is 14.7. The molecule has 5 nitrogen and oxygen atoms in total. The van der Waals surface area contributed by atoms with Crippen LogP contribution in [-0.4, -0.2) is 43.2 Å². The van der Waals surface area contributed by atoms with E-state index in [0.29, 0.717) is 30.3 Å². The number of ether oxygens (including phenoxy) is 2. The lowest BCUT2D eigenvalue weighted by atomic mass is 9.98. The Morgan fingerprint density at radius 2 is 1.88 bits per heavy atom. The Balaban J connectivity index is 1.77. The molecule has 0 bridgehead atoms. The summed E-state index contributed by atoms with van der Waals surface area (Å²) in [5, 5.41) is 10.3. The normalized spacial score (nSPS) is 16.8. The van der Waals surface area contributed by atoms with Gasteiger partial charge in [0.05, 0.1) is 19.8 Å². The quantitative estimate of drug-likeness (QED) is 0.926. The van der Waals surface area contributed by atoms with Gasteiger partial charge in [-0.2, -0.15) is 0 Å². The molecule has 2 aromatic carbocycles. The third kappa shape index (κ3) is 3.40. The van der Waals surface area contributed by atoms with Crippen LogP contribution in [-0.2, 0) is 0 Å². The number of aromatic hydroxyl groups is 1. The van der Waals surface area contributed by atoms with Crippen molar-refractivity contribution >= 4 is 5.91 Å². The van der Waals surface area contributed by atoms with Gasteiger partial charge in [-0.25, -0.2) is 0 Å². The molecule has 1 aliphatic rings. The zero-order valence-corrected chi connectivity index (χ0v) is 14.8. The second kappa shape index (κ2) is 7.05. The monoisotopic (exact) mass is 341 g/mol. The fraction of sp³-hybridized carbons (Fsp3) is 0.350. The number of methoxy groups -OCH3 is 2. The van der Waals surface area contributed by atoms with Crippen molar-refractivity contribution in [3.8, 4) is 17.2 Å². The predicted molar refractivity (Wildman–Crippen MR) is 95.7 cm³/mol. The molecule has 2 aromatic rings. The fourth-order valence-electron chi connectivity index (χ4n) is 3.33. The highest BCUT2D eigenvalue weighted by atomic mass is 16.5. The summed E-state index contributed by atoms with van der Waals surface area (Å²) in [6.45, 7) is 3.19. The maximum atomic E-state index is 12.9. The molecule has 0 saturated carbocycles. The molecule has 1 aliphatic heterocycles. The number of carbonyl (C=O) groups excluding carboxylic acids is 1. The molecule has 0 aromatic heterocycles. The minimum absolute atomic E-state index is 0.0917. The Kier molecular flexibility index (Phi) is 4.83. The summed E-state index contributed by atoms with van der Waals surface area (Å²) in [5.41, 5.74) is 2.37. The van der Waals surface area contributed by atoms with Gasteiger partial charge < -0.3 is 19.5 Å². The zero-order chi connectivity index (χ0) is 18.0. The van der Waals surface area contributed by atoms with Crippen LogP contribution in [0.1, 0.15) is 33.8 Å². The molecule has 0 unspecified atom stereocenters. The van der Waals surface area contributed by atoms with E-state index in [4.69, 9.17) is 9.47 Å². The first-order valence-corrected chi connectivity index (χ1v) is 8.34. The molecule has 1 saturated heterocycles. The van der Waals surface area contributed by atoms with Crippen molar-refractivity contribution in [2.24, 2.45) is 0 Å². The number of hydrogen-bond donors (Lipinski definition) is 1. The molecule has 1 amide bonds. The Labute approximate surface area is 147 Å². The molecule has 1 heterocycles. The summed E-state index contributed by atoms with van der Waals surface area (Å²) < 4.78 is 10.3. The van der Waals surface area contributed by atoms with Crippen molar-refractivity contribution < 1.29 is 19.4 Å². The number of phenolic OH excluding ortho intramolecular Hbond substituents is 1. The molecule has 0 radical (unpaired) electrons. The molecule has 25 heavy (non-hydrogen) atoms. The van der Waals surface area contributed by atoms with Crippen LogP contribution in [0.5, 0.6) is 17.2 Å². The Bertz CT molecular complexity index is 770. The number of amides is 1. The number of benzene rings is 2. The maximum absolute atomic E-state index is 12.9. The molecular weight excluding hydrogens is 318 g/mol. The van der Waals surface area contributed by atoms with Crippen molar-refractivity contribution in [1.29, 1.82) is 0 Å². The van der Waals surface area contributed by atoms with Crippen molar-refractivity contribution in [2.75, 3.05) is 27.3 Å². The van der Waals surface area contributed by atoms with Crippen molar-refractivity contribution in [1.82, 2.24) is 4.90 Å². The van der Waals surface area contributed by atoms with Gasteiger partial charge in [-0.1, -0.05) is 12.1 Å². The van der Waals surface area contributed by atoms with Gasteiger partial charge in [-0.05, 0) is 48.7 Å². The zero-order valence-electron chi connectivity index (χ0n) is 14.8. The van der Waals surface area contributed by atoms with E-state index in [0.717, 1.165) is 17.7 Å². The van der Waals surface area contributed by atoms with E-state index in [1.807, 2.05) is 31.2 Å². The molecular formula is C20H23NO4. The van der Waals surface area contributed by atoms with Gasteiger partial charge in [0.2, 0.25) is 0 Å². The van der Waals surface area contributed by atoms with E-state index < -0.39 is 0 Å². The van der Waals surface area contributed by atoms with Crippen LogP contribution in [0.15, 0.2) is 36.4 Å². The first-order chi connectivity index (χ1) is 12.0. The maximum Gasteiger partial charge on any atom is 0.257 e. The summed E-state index contributed by atoms with van der Waals surface area (Å²) in [6, 6.07) is 11.4. The van der Waals surface area contributed by atoms with Gasteiger partial charge in [-0.15, -0.1) is 0 Å². The van der Waals surface area contributed by atoms with Gasteiger partial charge in [0.15, 0.2) is 11.5 Å². The smallest absolute Gasteiger partial charge is 0.257 e. The summed E-state index contributed by atoms with van der Waals surface area (Å²) in [7, 11) is 3.13. The van der Waals surface area contributed by atoms with E-state index in [1.54, 1.807) is 24.1 Å². The molecule has 0 spiro atoms. The number of hydrogen-bond acceptors (Lipinski definition) is 4. The van der Waals surface area contributed by atoms with Gasteiger partial charge in [0, 0.05) is 19.0 Å². The summed E-state index contributed by atoms with van der Waals surface area (Å²) >= 11 is 0. The van der Waals surface area contributed by atoms with Crippen molar-refractivity contribution in [2.45, 2.75) is 19.3 Å². The molecule has 1 N–H and O–H groups in total. The van der Waals surface area contributed by atoms with Crippen LogP contribution >= 0.6 is 0 Å². The van der Waals surface area contributed by atoms with E-state index in [2.05, 4.69) is 0 Å². The van der Waals surface area contributed by atoms with Gasteiger partial charge in [0.25, 0.3) is 5.91 Å². The lowest BCUT2D eigenvalue weighted by Gasteiger charge is -2.19. The SMILES string of the molecule is COc1ccc([C@@H]2CCN(C(=O)c3cc(C)cc(OC)c3O)C2)cc1. The van der Waals surface area contributed by atoms with Gasteiger partial charge >= 0.3 is 0 Å². The lowest BCUT2D eigenvalue weighted by molar-refractivity contribution is 0.0787. The van der Waals surface area contributed by atoms with E-state index >= 15 is 0 Å². The summed E-state index contributed by atoms with van der Waals surface area (Å²) in [5.74, 6) is 1.20. The topological polar surface area (TPSA) is 59.0 Å². The molecule has 1 fully saturated rings. The second-order valence-corrected chi connectivity index (χ2v) is 6.37. The van der Waals surface area contributed by atoms with E-state index in [-0.39, 0.29) is 11.7 Å². The largest absolute Gasteiger partial charge is 0.504 e. The number of rotatable bonds is 4. The highest BCUT2D eigenvalue weighted by molar-refractivity contribution is 5.98. The highest BCUT2D eigenvalue weighted by Crippen LogP contribution is 2.34. The predicted octanol–water partition coefficient (Wildman–Crippen LogP) is 3.35. The molecule has 3 rings (SSSR count). The van der Waals surface area contributed by atoms with Crippen molar-refractivity contribution in [3.63, 3.8) is 0 Å². The number of carbonyl (C=O) groups is 1. The number of aryl methyl sites for hydroxylation is 1. The Hall–Kier alpha value is -2.69. The van der Waals surface area contributed by atoms with Crippen LogP contribution in [0.25, 0.3) is 0 Å². The van der Waals surface area contributed by atoms with Crippen LogP contribution < -0.4 is 9.47 Å². The summed E-state index contributed by atoms with van der Waals surface area (Å²) in [6.07, 6.45) is 0.905. The first kappa shape index (κ1) is 17.1. The standard InChI is InChI=1S/C20H23NO4/c1-13-10-17(19(22)18(11-13)25-3)20(23)21-9-8-15(12-21)14-4-6-16(24-2)7-5-14/h4-7,10-11,15,22H,8-9,12H2,1-3H3/t15-/m1/s1. The average Bonchev–Trinajstić information content (AvgIpc) is 3.13. The lowest BCUT2D eigenvalue weighted by Crippen LogP contribution is -2.28.